The lowest BCUT2D eigenvalue weighted by Crippen LogP contribution is -1.91. The summed E-state index contributed by atoms with van der Waals surface area (Å²) in [7, 11) is 0. The third kappa shape index (κ3) is 3.71. The van der Waals surface area contributed by atoms with Crippen LogP contribution in [0, 0.1) is 6.92 Å². The molecule has 0 atom stereocenters. The number of benzene rings is 2. The zero-order valence-corrected chi connectivity index (χ0v) is 13.8. The van der Waals surface area contributed by atoms with E-state index in [0.717, 1.165) is 26.9 Å². The lowest BCUT2D eigenvalue weighted by molar-refractivity contribution is 0.482. The van der Waals surface area contributed by atoms with Gasteiger partial charge in [0.05, 0.1) is 0 Å². The van der Waals surface area contributed by atoms with E-state index in [0.29, 0.717) is 0 Å². The van der Waals surface area contributed by atoms with Crippen LogP contribution in [0.15, 0.2) is 53.5 Å². The highest BCUT2D eigenvalue weighted by Crippen LogP contribution is 2.27. The predicted molar refractivity (Wildman–Crippen MR) is 88.2 cm³/mol. The van der Waals surface area contributed by atoms with Gasteiger partial charge in [0.2, 0.25) is 0 Å². The maximum Gasteiger partial charge on any atom is 0.127 e. The number of ether oxygens (including phenoxy) is 1. The van der Waals surface area contributed by atoms with Gasteiger partial charge in [-0.3, -0.25) is 0 Å². The molecule has 0 spiro atoms. The van der Waals surface area contributed by atoms with Gasteiger partial charge in [0.15, 0.2) is 0 Å². The molecule has 0 saturated heterocycles. The maximum absolute atomic E-state index is 5.82. The van der Waals surface area contributed by atoms with E-state index in [1.54, 1.807) is 0 Å². The van der Waals surface area contributed by atoms with Crippen molar-refractivity contribution in [3.05, 3.63) is 64.6 Å². The van der Waals surface area contributed by atoms with Gasteiger partial charge < -0.3 is 4.74 Å². The van der Waals surface area contributed by atoms with Crippen molar-refractivity contribution >= 4 is 37.4 Å². The van der Waals surface area contributed by atoms with E-state index in [4.69, 9.17) is 4.74 Å². The molecule has 0 saturated carbocycles. The third-order valence-electron chi connectivity index (χ3n) is 2.79. The van der Waals surface area contributed by atoms with E-state index in [2.05, 4.69) is 45.4 Å². The number of halogens is 2. The van der Waals surface area contributed by atoms with E-state index in [9.17, 15) is 0 Å². The summed E-state index contributed by atoms with van der Waals surface area (Å²) in [4.78, 5) is 0. The van der Waals surface area contributed by atoms with E-state index in [1.807, 2.05) is 42.5 Å². The summed E-state index contributed by atoms with van der Waals surface area (Å²) in [6.07, 6.45) is 0. The fraction of sp³-hybridized carbons (Fsp3) is 0.125. The fourth-order valence-electron chi connectivity index (χ4n) is 1.81. The van der Waals surface area contributed by atoms with Crippen molar-refractivity contribution in [3.8, 4) is 11.5 Å². The van der Waals surface area contributed by atoms with Gasteiger partial charge in [-0.1, -0.05) is 44.5 Å². The Kier molecular flexibility index (Phi) is 4.83. The van der Waals surface area contributed by atoms with Gasteiger partial charge in [0.1, 0.15) is 11.5 Å². The molecular weight excluding hydrogens is 368 g/mol. The molecule has 0 unspecified atom stereocenters. The van der Waals surface area contributed by atoms with E-state index in [1.165, 1.54) is 11.1 Å². The lowest BCUT2D eigenvalue weighted by atomic mass is 10.0. The van der Waals surface area contributed by atoms with Crippen LogP contribution in [0.5, 0.6) is 11.5 Å². The Bertz CT molecular complexity index is 588. The number of hydrogen-bond acceptors (Lipinski definition) is 1. The number of aryl methyl sites for hydroxylation is 1. The summed E-state index contributed by atoms with van der Waals surface area (Å²) >= 11 is 6.84. The highest BCUT2D eigenvalue weighted by molar-refractivity contribution is 9.10. The molecule has 2 aromatic rings. The van der Waals surface area contributed by atoms with Gasteiger partial charge in [-0.05, 0) is 60.0 Å². The van der Waals surface area contributed by atoms with Crippen LogP contribution in [-0.2, 0) is 0 Å². The predicted octanol–water partition coefficient (Wildman–Crippen LogP) is 5.96. The van der Waals surface area contributed by atoms with Crippen LogP contribution in [0.1, 0.15) is 11.1 Å². The minimum absolute atomic E-state index is 0.779. The molecule has 2 aromatic carbocycles. The molecule has 0 heterocycles. The Balaban J connectivity index is 2.20. The molecule has 0 radical (unpaired) electrons. The molecule has 0 amide bonds. The summed E-state index contributed by atoms with van der Waals surface area (Å²) < 4.78 is 6.86. The quantitative estimate of drug-likeness (QED) is 0.594. The van der Waals surface area contributed by atoms with Crippen molar-refractivity contribution in [1.29, 1.82) is 0 Å². The zero-order valence-electron chi connectivity index (χ0n) is 10.6. The average molecular weight is 382 g/mol. The van der Waals surface area contributed by atoms with Crippen LogP contribution in [-0.4, -0.2) is 5.33 Å². The van der Waals surface area contributed by atoms with E-state index < -0.39 is 0 Å². The van der Waals surface area contributed by atoms with Crippen LogP contribution in [0.2, 0.25) is 0 Å². The second-order valence-corrected chi connectivity index (χ2v) is 5.75. The Morgan fingerprint density at radius 3 is 2.32 bits per heavy atom. The zero-order chi connectivity index (χ0) is 13.8. The fourth-order valence-corrected chi connectivity index (χ4v) is 2.37. The van der Waals surface area contributed by atoms with Crippen LogP contribution in [0.3, 0.4) is 0 Å². The summed E-state index contributed by atoms with van der Waals surface area (Å²) in [6.45, 7) is 6.10. The molecule has 0 aliphatic carbocycles. The highest BCUT2D eigenvalue weighted by atomic mass is 79.9. The smallest absolute Gasteiger partial charge is 0.127 e. The first-order valence-electron chi connectivity index (χ1n) is 5.88. The number of alkyl halides is 1. The molecule has 2 rings (SSSR count). The van der Waals surface area contributed by atoms with Gasteiger partial charge in [0.25, 0.3) is 0 Å². The van der Waals surface area contributed by atoms with Crippen molar-refractivity contribution in [2.45, 2.75) is 6.92 Å². The molecular formula is C16H14Br2O. The first kappa shape index (κ1) is 14.4. The van der Waals surface area contributed by atoms with Gasteiger partial charge in [-0.15, -0.1) is 0 Å². The second kappa shape index (κ2) is 6.40. The Morgan fingerprint density at radius 2 is 1.74 bits per heavy atom. The Hall–Kier alpha value is -1.06. The normalized spacial score (nSPS) is 10.3. The third-order valence-corrected chi connectivity index (χ3v) is 3.99. The summed E-state index contributed by atoms with van der Waals surface area (Å²) in [6, 6.07) is 13.8. The van der Waals surface area contributed by atoms with Gasteiger partial charge in [0, 0.05) is 9.80 Å². The first-order valence-corrected chi connectivity index (χ1v) is 7.80. The Labute approximate surface area is 130 Å². The van der Waals surface area contributed by atoms with E-state index in [-0.39, 0.29) is 0 Å². The average Bonchev–Trinajstić information content (AvgIpc) is 2.41. The van der Waals surface area contributed by atoms with Crippen LogP contribution < -0.4 is 4.74 Å². The lowest BCUT2D eigenvalue weighted by Gasteiger charge is -2.10. The molecule has 0 aliphatic rings. The van der Waals surface area contributed by atoms with Crippen LogP contribution >= 0.6 is 31.9 Å². The molecule has 1 nitrogen and oxygen atoms in total. The molecule has 3 heteroatoms. The van der Waals surface area contributed by atoms with Crippen LogP contribution in [0.4, 0.5) is 0 Å². The van der Waals surface area contributed by atoms with Crippen molar-refractivity contribution in [1.82, 2.24) is 0 Å². The van der Waals surface area contributed by atoms with Gasteiger partial charge >= 0.3 is 0 Å². The van der Waals surface area contributed by atoms with Crippen molar-refractivity contribution in [3.63, 3.8) is 0 Å². The van der Waals surface area contributed by atoms with Crippen LogP contribution in [0.25, 0.3) is 5.57 Å². The van der Waals surface area contributed by atoms with Crippen molar-refractivity contribution < 1.29 is 4.74 Å². The number of allylic oxidation sites excluding steroid dienone is 1. The van der Waals surface area contributed by atoms with Gasteiger partial charge in [-0.25, -0.2) is 0 Å². The minimum Gasteiger partial charge on any atom is -0.457 e. The summed E-state index contributed by atoms with van der Waals surface area (Å²) in [5.41, 5.74) is 3.41. The minimum atomic E-state index is 0.779. The summed E-state index contributed by atoms with van der Waals surface area (Å²) in [5, 5.41) is 0.779. The highest BCUT2D eigenvalue weighted by Gasteiger charge is 2.04. The van der Waals surface area contributed by atoms with Gasteiger partial charge in [-0.2, -0.15) is 0 Å². The number of rotatable bonds is 4. The number of hydrogen-bond donors (Lipinski definition) is 0. The van der Waals surface area contributed by atoms with E-state index >= 15 is 0 Å². The molecule has 0 N–H and O–H groups in total. The molecule has 0 bridgehead atoms. The largest absolute Gasteiger partial charge is 0.457 e. The Morgan fingerprint density at radius 1 is 1.11 bits per heavy atom. The topological polar surface area (TPSA) is 9.23 Å². The van der Waals surface area contributed by atoms with Crippen molar-refractivity contribution in [2.75, 3.05) is 5.33 Å². The SMILES string of the molecule is C=C(CBr)c1ccc(Oc2ccc(Br)cc2)cc1C. The monoisotopic (exact) mass is 380 g/mol. The molecule has 0 aliphatic heterocycles. The molecule has 0 aromatic heterocycles. The first-order chi connectivity index (χ1) is 9.10. The molecule has 98 valence electrons. The molecule has 19 heavy (non-hydrogen) atoms. The maximum atomic E-state index is 5.82. The summed E-state index contributed by atoms with van der Waals surface area (Å²) in [5.74, 6) is 1.67. The van der Waals surface area contributed by atoms with Crippen molar-refractivity contribution in [2.24, 2.45) is 0 Å². The second-order valence-electron chi connectivity index (χ2n) is 4.27. The molecule has 0 fully saturated rings. The standard InChI is InChI=1S/C16H14Br2O/c1-11-9-15(7-8-16(11)12(2)10-17)19-14-5-3-13(18)4-6-14/h3-9H,2,10H2,1H3.